The number of carbonyl (C=O) groups is 1. The van der Waals surface area contributed by atoms with Crippen LogP contribution in [-0.2, 0) is 22.5 Å². The van der Waals surface area contributed by atoms with E-state index < -0.39 is 0 Å². The van der Waals surface area contributed by atoms with E-state index in [0.717, 1.165) is 18.4 Å². The van der Waals surface area contributed by atoms with Crippen molar-refractivity contribution < 1.29 is 9.53 Å². The molecule has 1 aromatic heterocycles. The molecule has 1 saturated heterocycles. The quantitative estimate of drug-likeness (QED) is 0.898. The van der Waals surface area contributed by atoms with Crippen LogP contribution in [-0.4, -0.2) is 47.7 Å². The molecule has 6 heteroatoms. The topological polar surface area (TPSA) is 60.5 Å². The fourth-order valence-electron chi connectivity index (χ4n) is 3.10. The Labute approximate surface area is 149 Å². The first kappa shape index (κ1) is 18.8. The molecule has 1 fully saturated rings. The summed E-state index contributed by atoms with van der Waals surface area (Å²) in [5.41, 5.74) is 8.46. The van der Waals surface area contributed by atoms with Gasteiger partial charge in [0.05, 0.1) is 13.2 Å². The molecule has 0 spiro atoms. The van der Waals surface area contributed by atoms with Crippen LogP contribution in [0.4, 0.5) is 0 Å². The highest BCUT2D eigenvalue weighted by Crippen LogP contribution is 2.23. The van der Waals surface area contributed by atoms with Crippen molar-refractivity contribution >= 4 is 29.2 Å². The Morgan fingerprint density at radius 3 is 2.71 bits per heavy atom. The lowest BCUT2D eigenvalue weighted by molar-refractivity contribution is -0.135. The Morgan fingerprint density at radius 1 is 1.29 bits per heavy atom. The van der Waals surface area contributed by atoms with Crippen LogP contribution < -0.4 is 5.73 Å². The van der Waals surface area contributed by atoms with Crippen molar-refractivity contribution in [2.75, 3.05) is 26.3 Å². The lowest BCUT2D eigenvalue weighted by Gasteiger charge is -2.27. The van der Waals surface area contributed by atoms with Gasteiger partial charge in [0.2, 0.25) is 5.91 Å². The Bertz CT molecular complexity index is 680. The molecule has 3 rings (SSSR count). The molecular weight excluding hydrogens is 326 g/mol. The molecule has 5 nitrogen and oxygen atoms in total. The third kappa shape index (κ3) is 4.09. The Morgan fingerprint density at radius 2 is 2.00 bits per heavy atom. The fraction of sp³-hybridized carbons (Fsp3) is 0.500. The monoisotopic (exact) mass is 351 g/mol. The number of morpholine rings is 1. The minimum atomic E-state index is 0. The van der Waals surface area contributed by atoms with E-state index in [2.05, 4.69) is 29.8 Å². The van der Waals surface area contributed by atoms with Crippen molar-refractivity contribution in [1.29, 1.82) is 0 Å². The van der Waals surface area contributed by atoms with Crippen molar-refractivity contribution in [3.8, 4) is 0 Å². The number of carbonyl (C=O) groups excluding carboxylic acids is 1. The van der Waals surface area contributed by atoms with Crippen molar-refractivity contribution in [3.05, 3.63) is 36.0 Å². The zero-order chi connectivity index (χ0) is 16.2. The van der Waals surface area contributed by atoms with Gasteiger partial charge in [-0.2, -0.15) is 0 Å². The van der Waals surface area contributed by atoms with Crippen molar-refractivity contribution in [2.24, 2.45) is 5.73 Å². The summed E-state index contributed by atoms with van der Waals surface area (Å²) in [6.45, 7) is 5.12. The van der Waals surface area contributed by atoms with Gasteiger partial charge >= 0.3 is 0 Å². The van der Waals surface area contributed by atoms with E-state index in [0.29, 0.717) is 32.8 Å². The lowest BCUT2D eigenvalue weighted by atomic mass is 10.0. The summed E-state index contributed by atoms with van der Waals surface area (Å²) in [6, 6.07) is 8.40. The standard InChI is InChI=1S/C18H25N3O2.ClH/c1-2-15(19)11-14-12-21(17-6-4-3-5-16(14)17)13-18(22)20-7-9-23-10-8-20;/h3-6,12,15H,2,7-11,13,19H2,1H3;1H. The van der Waals surface area contributed by atoms with E-state index in [4.69, 9.17) is 10.5 Å². The van der Waals surface area contributed by atoms with Crippen molar-refractivity contribution in [3.63, 3.8) is 0 Å². The molecule has 0 aliphatic carbocycles. The van der Waals surface area contributed by atoms with Gasteiger partial charge in [0.25, 0.3) is 0 Å². The first-order chi connectivity index (χ1) is 11.2. The minimum Gasteiger partial charge on any atom is -0.378 e. The highest BCUT2D eigenvalue weighted by Gasteiger charge is 2.19. The maximum atomic E-state index is 12.5. The molecule has 2 N–H and O–H groups in total. The van der Waals surface area contributed by atoms with Crippen molar-refractivity contribution in [1.82, 2.24) is 9.47 Å². The van der Waals surface area contributed by atoms with E-state index in [1.54, 1.807) is 0 Å². The van der Waals surface area contributed by atoms with Crippen LogP contribution in [0.5, 0.6) is 0 Å². The number of ether oxygens (including phenoxy) is 1. The van der Waals surface area contributed by atoms with Gasteiger partial charge in [-0.25, -0.2) is 0 Å². The Balaban J connectivity index is 0.00000208. The maximum absolute atomic E-state index is 12.5. The zero-order valence-corrected chi connectivity index (χ0v) is 14.9. The summed E-state index contributed by atoms with van der Waals surface area (Å²) in [6.07, 6.45) is 3.89. The number of hydrogen-bond acceptors (Lipinski definition) is 3. The molecule has 1 aliphatic heterocycles. The number of hydrogen-bond donors (Lipinski definition) is 1. The summed E-state index contributed by atoms with van der Waals surface area (Å²) in [5, 5.41) is 1.20. The number of aromatic nitrogens is 1. The van der Waals surface area contributed by atoms with E-state index in [1.165, 1.54) is 10.9 Å². The summed E-state index contributed by atoms with van der Waals surface area (Å²) in [5.74, 6) is 0.153. The van der Waals surface area contributed by atoms with Crippen LogP contribution in [0.1, 0.15) is 18.9 Å². The second kappa shape index (κ2) is 8.51. The number of nitrogens with two attached hydrogens (primary N) is 1. The molecule has 1 amide bonds. The van der Waals surface area contributed by atoms with E-state index >= 15 is 0 Å². The zero-order valence-electron chi connectivity index (χ0n) is 14.1. The van der Waals surface area contributed by atoms with Gasteiger partial charge < -0.3 is 19.9 Å². The van der Waals surface area contributed by atoms with Gasteiger partial charge in [-0.3, -0.25) is 4.79 Å². The first-order valence-corrected chi connectivity index (χ1v) is 8.37. The maximum Gasteiger partial charge on any atom is 0.242 e. The van der Waals surface area contributed by atoms with Crippen molar-refractivity contribution in [2.45, 2.75) is 32.4 Å². The molecule has 1 aromatic carbocycles. The largest absolute Gasteiger partial charge is 0.378 e. The van der Waals surface area contributed by atoms with Crippen LogP contribution in [0, 0.1) is 0 Å². The van der Waals surface area contributed by atoms with Crippen LogP contribution in [0.25, 0.3) is 10.9 Å². The summed E-state index contributed by atoms with van der Waals surface area (Å²) in [4.78, 5) is 14.4. The lowest BCUT2D eigenvalue weighted by Crippen LogP contribution is -2.42. The first-order valence-electron chi connectivity index (χ1n) is 8.37. The fourth-order valence-corrected chi connectivity index (χ4v) is 3.10. The molecule has 0 radical (unpaired) electrons. The number of rotatable bonds is 5. The van der Waals surface area contributed by atoms with Gasteiger partial charge in [-0.05, 0) is 24.5 Å². The minimum absolute atomic E-state index is 0. The predicted octanol–water partition coefficient (Wildman–Crippen LogP) is 2.20. The SMILES string of the molecule is CCC(N)Cc1cn(CC(=O)N2CCOCC2)c2ccccc12.Cl. The smallest absolute Gasteiger partial charge is 0.242 e. The normalized spacial score (nSPS) is 16.0. The van der Waals surface area contributed by atoms with Gasteiger partial charge in [-0.15, -0.1) is 12.4 Å². The van der Waals surface area contributed by atoms with Crippen LogP contribution in [0.2, 0.25) is 0 Å². The Hall–Kier alpha value is -1.56. The molecule has 0 bridgehead atoms. The molecule has 1 aliphatic rings. The molecular formula is C18H26ClN3O2. The van der Waals surface area contributed by atoms with Gasteiger partial charge in [0.15, 0.2) is 0 Å². The average Bonchev–Trinajstić information content (AvgIpc) is 2.93. The number of fused-ring (bicyclic) bond motifs is 1. The second-order valence-electron chi connectivity index (χ2n) is 6.16. The number of amides is 1. The predicted molar refractivity (Wildman–Crippen MR) is 98.6 cm³/mol. The summed E-state index contributed by atoms with van der Waals surface area (Å²) < 4.78 is 7.38. The van der Waals surface area contributed by atoms with Gasteiger partial charge in [-0.1, -0.05) is 25.1 Å². The molecule has 2 aromatic rings. The highest BCUT2D eigenvalue weighted by molar-refractivity contribution is 5.86. The van der Waals surface area contributed by atoms with Crippen LogP contribution >= 0.6 is 12.4 Å². The van der Waals surface area contributed by atoms with Crippen LogP contribution in [0.15, 0.2) is 30.5 Å². The van der Waals surface area contributed by atoms with Gasteiger partial charge in [0.1, 0.15) is 6.54 Å². The summed E-state index contributed by atoms with van der Waals surface area (Å²) in [7, 11) is 0. The number of benzene rings is 1. The molecule has 2 heterocycles. The van der Waals surface area contributed by atoms with Crippen LogP contribution in [0.3, 0.4) is 0 Å². The van der Waals surface area contributed by atoms with E-state index in [1.807, 2.05) is 17.0 Å². The molecule has 1 atom stereocenters. The van der Waals surface area contributed by atoms with E-state index in [-0.39, 0.29) is 24.4 Å². The highest BCUT2D eigenvalue weighted by atomic mass is 35.5. The molecule has 132 valence electrons. The number of halogens is 1. The van der Waals surface area contributed by atoms with Gasteiger partial charge in [0, 0.05) is 36.2 Å². The third-order valence-corrected chi connectivity index (χ3v) is 4.55. The van der Waals surface area contributed by atoms with E-state index in [9.17, 15) is 4.79 Å². The molecule has 24 heavy (non-hydrogen) atoms. The third-order valence-electron chi connectivity index (χ3n) is 4.55. The second-order valence-corrected chi connectivity index (χ2v) is 6.16. The number of nitrogens with zero attached hydrogens (tertiary/aromatic N) is 2. The Kier molecular flexibility index (Phi) is 6.66. The molecule has 1 unspecified atom stereocenters. The number of para-hydroxylation sites is 1. The average molecular weight is 352 g/mol. The summed E-state index contributed by atoms with van der Waals surface area (Å²) >= 11 is 0. The molecule has 0 saturated carbocycles.